The molecule has 0 aromatic heterocycles. The lowest BCUT2D eigenvalue weighted by atomic mass is 9.80. The first kappa shape index (κ1) is 29.0. The molecule has 0 aliphatic rings. The summed E-state index contributed by atoms with van der Waals surface area (Å²) in [4.78, 5) is 0. The third-order valence-electron chi connectivity index (χ3n) is 7.55. The van der Waals surface area contributed by atoms with E-state index in [2.05, 4.69) is 52.4 Å². The molecule has 0 heterocycles. The maximum atomic E-state index is 11.6. The first-order valence-corrected chi connectivity index (χ1v) is 17.4. The van der Waals surface area contributed by atoms with E-state index in [-0.39, 0.29) is 17.4 Å². The van der Waals surface area contributed by atoms with Gasteiger partial charge in [-0.25, -0.2) is 0 Å². The Labute approximate surface area is 256 Å². The molecule has 5 rings (SSSR count). The fourth-order valence-electron chi connectivity index (χ4n) is 5.45. The molecule has 2 unspecified atom stereocenters. The molecule has 208 valence electrons. The lowest BCUT2D eigenvalue weighted by Crippen LogP contribution is -2.08. The van der Waals surface area contributed by atoms with E-state index in [9.17, 15) is 15.3 Å². The molecule has 0 saturated heterocycles. The van der Waals surface area contributed by atoms with Crippen molar-refractivity contribution < 1.29 is 20.1 Å². The molecule has 0 aliphatic carbocycles. The van der Waals surface area contributed by atoms with Crippen LogP contribution in [0.5, 0.6) is 23.0 Å². The number of aromatic hydroxyl groups is 3. The molecular formula is C35H32IO4P. The van der Waals surface area contributed by atoms with Gasteiger partial charge in [0.1, 0.15) is 23.0 Å². The fourth-order valence-corrected chi connectivity index (χ4v) is 7.14. The van der Waals surface area contributed by atoms with Crippen LogP contribution in [0, 0.1) is 20.8 Å². The van der Waals surface area contributed by atoms with Crippen molar-refractivity contribution in [2.24, 2.45) is 0 Å². The highest BCUT2D eigenvalue weighted by Crippen LogP contribution is 2.46. The molecule has 5 aromatic rings. The van der Waals surface area contributed by atoms with Crippen LogP contribution in [-0.4, -0.2) is 22.4 Å². The zero-order valence-electron chi connectivity index (χ0n) is 23.4. The van der Waals surface area contributed by atoms with Crippen LogP contribution < -0.4 is 10.0 Å². The second-order valence-corrected chi connectivity index (χ2v) is 12.7. The second-order valence-electron chi connectivity index (χ2n) is 10.3. The van der Waals surface area contributed by atoms with E-state index in [1.54, 1.807) is 19.2 Å². The monoisotopic (exact) mass is 674 g/mol. The fraction of sp³-hybridized carbons (Fsp3) is 0.143. The van der Waals surface area contributed by atoms with Gasteiger partial charge in [0.25, 0.3) is 0 Å². The van der Waals surface area contributed by atoms with Crippen LogP contribution in [0.15, 0.2) is 91.0 Å². The maximum absolute atomic E-state index is 11.6. The van der Waals surface area contributed by atoms with Gasteiger partial charge >= 0.3 is 0 Å². The molecule has 0 saturated carbocycles. The number of aryl methyl sites for hydroxylation is 3. The van der Waals surface area contributed by atoms with Crippen molar-refractivity contribution in [2.75, 3.05) is 7.11 Å². The number of benzene rings is 5. The Kier molecular flexibility index (Phi) is 8.58. The number of halogens is 1. The minimum Gasteiger partial charge on any atom is -0.508 e. The van der Waals surface area contributed by atoms with Gasteiger partial charge in [0.05, 0.1) is 7.11 Å². The minimum absolute atomic E-state index is 0.239. The first-order chi connectivity index (χ1) is 19.7. The van der Waals surface area contributed by atoms with E-state index in [1.165, 1.54) is 0 Å². The van der Waals surface area contributed by atoms with Gasteiger partial charge in [-0.15, -0.1) is 0 Å². The average Bonchev–Trinajstić information content (AvgIpc) is 2.97. The quantitative estimate of drug-likeness (QED) is 0.0917. The topological polar surface area (TPSA) is 69.9 Å². The van der Waals surface area contributed by atoms with Gasteiger partial charge in [-0.1, -0.05) is 64.5 Å². The van der Waals surface area contributed by atoms with Gasteiger partial charge in [0, 0.05) is 22.3 Å². The second kappa shape index (κ2) is 12.1. The van der Waals surface area contributed by atoms with Crippen LogP contribution >= 0.6 is 28.3 Å². The molecule has 4 nitrogen and oxygen atoms in total. The normalized spacial score (nSPS) is 12.1. The third kappa shape index (κ3) is 5.79. The SMILES string of the molecule is COc1c(C)cc(-c2ccc(O)c(C)c2)cc1C(c1ccccc1)c1cc(-c2ccc(O)c(PI)c2)cc(C)c1O. The number of rotatable bonds is 7. The number of hydrogen-bond acceptors (Lipinski definition) is 4. The van der Waals surface area contributed by atoms with E-state index < -0.39 is 0 Å². The summed E-state index contributed by atoms with van der Waals surface area (Å²) < 4.78 is 6.01. The van der Waals surface area contributed by atoms with Crippen LogP contribution in [0.3, 0.4) is 0 Å². The Bertz CT molecular complexity index is 1730. The highest BCUT2D eigenvalue weighted by atomic mass is 127. The van der Waals surface area contributed by atoms with Crippen LogP contribution in [0.25, 0.3) is 22.3 Å². The molecule has 3 N–H and O–H groups in total. The Morgan fingerprint density at radius 2 is 1.22 bits per heavy atom. The van der Waals surface area contributed by atoms with E-state index in [0.717, 1.165) is 66.7 Å². The predicted molar refractivity (Wildman–Crippen MR) is 179 cm³/mol. The number of phenols is 3. The van der Waals surface area contributed by atoms with E-state index in [4.69, 9.17) is 4.74 Å². The molecule has 2 atom stereocenters. The summed E-state index contributed by atoms with van der Waals surface area (Å²) in [6.45, 7) is 5.85. The summed E-state index contributed by atoms with van der Waals surface area (Å²) >= 11 is 2.28. The molecule has 0 amide bonds. The van der Waals surface area contributed by atoms with Crippen molar-refractivity contribution >= 4 is 33.6 Å². The van der Waals surface area contributed by atoms with Crippen LogP contribution in [0.1, 0.15) is 39.3 Å². The summed E-state index contributed by atoms with van der Waals surface area (Å²) in [6.07, 6.45) is 0.431. The van der Waals surface area contributed by atoms with Gasteiger partial charge in [-0.3, -0.25) is 0 Å². The van der Waals surface area contributed by atoms with Crippen molar-refractivity contribution in [3.8, 4) is 45.3 Å². The standard InChI is InChI=1S/C35H32IO4P/c1-20-14-24(10-12-30(20)37)27-16-22(3)35(40-4)29(18-27)33(23-8-6-5-7-9-23)28-17-26(15-21(2)34(28)39)25-11-13-31(38)32(19-25)41-36/h5-19,33,37-39,41H,1-4H3. The molecule has 0 radical (unpaired) electrons. The van der Waals surface area contributed by atoms with Crippen molar-refractivity contribution in [2.45, 2.75) is 26.7 Å². The zero-order chi connectivity index (χ0) is 29.3. The minimum atomic E-state index is -0.329. The summed E-state index contributed by atoms with van der Waals surface area (Å²) in [5.41, 5.74) is 9.22. The van der Waals surface area contributed by atoms with Crippen molar-refractivity contribution in [3.05, 3.63) is 124 Å². The number of methoxy groups -OCH3 is 1. The zero-order valence-corrected chi connectivity index (χ0v) is 26.5. The Morgan fingerprint density at radius 3 is 1.85 bits per heavy atom. The molecule has 0 spiro atoms. The van der Waals surface area contributed by atoms with Crippen molar-refractivity contribution in [3.63, 3.8) is 0 Å². The van der Waals surface area contributed by atoms with Gasteiger partial charge in [-0.05, 0) is 120 Å². The maximum Gasteiger partial charge on any atom is 0.125 e. The van der Waals surface area contributed by atoms with Gasteiger partial charge < -0.3 is 20.1 Å². The molecule has 0 bridgehead atoms. The lowest BCUT2D eigenvalue weighted by molar-refractivity contribution is 0.405. The van der Waals surface area contributed by atoms with Crippen molar-refractivity contribution in [1.29, 1.82) is 0 Å². The Balaban J connectivity index is 1.79. The summed E-state index contributed by atoms with van der Waals surface area (Å²) in [7, 11) is 1.68. The number of ether oxygens (including phenoxy) is 1. The number of phenolic OH excluding ortho intramolecular Hbond substituents is 3. The van der Waals surface area contributed by atoms with E-state index in [1.807, 2.05) is 69.3 Å². The highest BCUT2D eigenvalue weighted by Gasteiger charge is 2.27. The molecule has 0 aliphatic heterocycles. The molecule has 6 heteroatoms. The van der Waals surface area contributed by atoms with Crippen LogP contribution in [0.4, 0.5) is 0 Å². The predicted octanol–water partition coefficient (Wildman–Crippen LogP) is 8.91. The molecule has 5 aromatic carbocycles. The summed E-state index contributed by atoms with van der Waals surface area (Å²) in [5.74, 6) is 1.23. The lowest BCUT2D eigenvalue weighted by Gasteiger charge is -2.25. The van der Waals surface area contributed by atoms with Gasteiger partial charge in [-0.2, -0.15) is 0 Å². The molecule has 0 fully saturated rings. The highest BCUT2D eigenvalue weighted by molar-refractivity contribution is 14.2. The molecule has 41 heavy (non-hydrogen) atoms. The summed E-state index contributed by atoms with van der Waals surface area (Å²) in [6, 6.07) is 29.7. The Hall–Kier alpha value is -3.54. The van der Waals surface area contributed by atoms with Gasteiger partial charge in [0.15, 0.2) is 0 Å². The third-order valence-corrected chi connectivity index (χ3v) is 9.90. The molecular weight excluding hydrogens is 642 g/mol. The van der Waals surface area contributed by atoms with Crippen LogP contribution in [-0.2, 0) is 0 Å². The van der Waals surface area contributed by atoms with Crippen LogP contribution in [0.2, 0.25) is 0 Å². The summed E-state index contributed by atoms with van der Waals surface area (Å²) in [5, 5.41) is 32.9. The number of hydrogen-bond donors (Lipinski definition) is 3. The Morgan fingerprint density at radius 1 is 0.634 bits per heavy atom. The van der Waals surface area contributed by atoms with Crippen molar-refractivity contribution in [1.82, 2.24) is 0 Å². The van der Waals surface area contributed by atoms with Gasteiger partial charge in [0.2, 0.25) is 0 Å². The van der Waals surface area contributed by atoms with E-state index in [0.29, 0.717) is 12.0 Å². The largest absolute Gasteiger partial charge is 0.508 e. The smallest absolute Gasteiger partial charge is 0.125 e. The average molecular weight is 675 g/mol. The first-order valence-electron chi connectivity index (χ1n) is 13.3. The van der Waals surface area contributed by atoms with E-state index >= 15 is 0 Å².